The minimum atomic E-state index is -0.315. The number of halogens is 1. The van der Waals surface area contributed by atoms with Crippen LogP contribution in [-0.4, -0.2) is 14.5 Å². The van der Waals surface area contributed by atoms with Crippen molar-refractivity contribution >= 4 is 17.2 Å². The Morgan fingerprint density at radius 1 is 0.880 bits per heavy atom. The maximum absolute atomic E-state index is 13.2. The molecule has 0 saturated carbocycles. The molecule has 2 heterocycles. The summed E-state index contributed by atoms with van der Waals surface area (Å²) in [6.07, 6.45) is 1.83. The Balaban J connectivity index is 1.88. The Kier molecular flexibility index (Phi) is 3.70. The van der Waals surface area contributed by atoms with Gasteiger partial charge in [0, 0.05) is 11.8 Å². The van der Waals surface area contributed by atoms with Gasteiger partial charge in [0.05, 0.1) is 0 Å². The fourth-order valence-electron chi connectivity index (χ4n) is 2.53. The van der Waals surface area contributed by atoms with E-state index < -0.39 is 0 Å². The number of phenols is 1. The van der Waals surface area contributed by atoms with Crippen LogP contribution in [0.1, 0.15) is 0 Å². The Hall–Kier alpha value is -3.54. The summed E-state index contributed by atoms with van der Waals surface area (Å²) >= 11 is 0. The van der Waals surface area contributed by atoms with Crippen molar-refractivity contribution in [3.63, 3.8) is 0 Å². The molecular weight excluding hydrogens is 319 g/mol. The summed E-state index contributed by atoms with van der Waals surface area (Å²) in [6.45, 7) is 0. The molecule has 4 rings (SSSR count). The molecule has 0 unspecified atom stereocenters. The molecule has 0 amide bonds. The summed E-state index contributed by atoms with van der Waals surface area (Å²) in [6, 6.07) is 18.3. The lowest BCUT2D eigenvalue weighted by Gasteiger charge is -2.00. The van der Waals surface area contributed by atoms with Crippen LogP contribution in [0.15, 0.2) is 83.2 Å². The smallest absolute Gasteiger partial charge is 0.187 e. The molecule has 4 aromatic rings. The fraction of sp³-hybridized carbons (Fsp3) is 0. The van der Waals surface area contributed by atoms with E-state index in [0.29, 0.717) is 22.8 Å². The minimum Gasteiger partial charge on any atom is -0.506 e. The third-order valence-corrected chi connectivity index (χ3v) is 3.76. The molecule has 0 radical (unpaired) electrons. The molecule has 5 nitrogen and oxygen atoms in total. The molecule has 0 aliphatic rings. The van der Waals surface area contributed by atoms with Crippen molar-refractivity contribution in [1.82, 2.24) is 9.38 Å². The standard InChI is InChI=1S/C19H13FN4O/c20-14-10-8-13(9-11-14)18-19(24-12-4-3-7-17(24)21-18)23-22-15-5-1-2-6-16(15)25/h1-12,25H. The molecule has 0 aliphatic heterocycles. The first-order valence-corrected chi connectivity index (χ1v) is 7.65. The van der Waals surface area contributed by atoms with Gasteiger partial charge in [0.25, 0.3) is 0 Å². The van der Waals surface area contributed by atoms with E-state index in [-0.39, 0.29) is 11.6 Å². The third kappa shape index (κ3) is 2.85. The zero-order valence-electron chi connectivity index (χ0n) is 13.0. The van der Waals surface area contributed by atoms with Gasteiger partial charge in [-0.25, -0.2) is 9.37 Å². The zero-order chi connectivity index (χ0) is 17.2. The summed E-state index contributed by atoms with van der Waals surface area (Å²) in [5, 5.41) is 18.3. The number of fused-ring (bicyclic) bond motifs is 1. The highest BCUT2D eigenvalue weighted by atomic mass is 19.1. The zero-order valence-corrected chi connectivity index (χ0v) is 13.0. The average Bonchev–Trinajstić information content (AvgIpc) is 3.00. The number of azo groups is 1. The second-order valence-electron chi connectivity index (χ2n) is 5.41. The van der Waals surface area contributed by atoms with Gasteiger partial charge in [-0.15, -0.1) is 10.2 Å². The highest BCUT2D eigenvalue weighted by Crippen LogP contribution is 2.33. The number of rotatable bonds is 3. The molecule has 0 atom stereocenters. The molecule has 6 heteroatoms. The normalized spacial score (nSPS) is 11.4. The first kappa shape index (κ1) is 15.0. The molecule has 2 aromatic heterocycles. The van der Waals surface area contributed by atoms with Gasteiger partial charge in [-0.3, -0.25) is 4.40 Å². The van der Waals surface area contributed by atoms with E-state index >= 15 is 0 Å². The fourth-order valence-corrected chi connectivity index (χ4v) is 2.53. The number of pyridine rings is 1. The number of hydrogen-bond acceptors (Lipinski definition) is 4. The lowest BCUT2D eigenvalue weighted by molar-refractivity contribution is 0.476. The van der Waals surface area contributed by atoms with Crippen molar-refractivity contribution in [2.45, 2.75) is 0 Å². The largest absolute Gasteiger partial charge is 0.506 e. The summed E-state index contributed by atoms with van der Waals surface area (Å²) in [5.41, 5.74) is 2.38. The summed E-state index contributed by atoms with van der Waals surface area (Å²) < 4.78 is 15.0. The molecule has 25 heavy (non-hydrogen) atoms. The Labute approximate surface area is 142 Å². The monoisotopic (exact) mass is 332 g/mol. The molecule has 0 fully saturated rings. The first-order chi connectivity index (χ1) is 12.2. The predicted octanol–water partition coefficient (Wildman–Crippen LogP) is 5.26. The third-order valence-electron chi connectivity index (χ3n) is 3.76. The van der Waals surface area contributed by atoms with Crippen LogP contribution in [0.25, 0.3) is 16.9 Å². The van der Waals surface area contributed by atoms with Gasteiger partial charge >= 0.3 is 0 Å². The topological polar surface area (TPSA) is 62.2 Å². The van der Waals surface area contributed by atoms with Crippen molar-refractivity contribution in [1.29, 1.82) is 0 Å². The molecule has 0 saturated heterocycles. The number of imidazole rings is 1. The van der Waals surface area contributed by atoms with E-state index in [1.807, 2.05) is 24.4 Å². The van der Waals surface area contributed by atoms with E-state index in [0.717, 1.165) is 5.56 Å². The number of aromatic nitrogens is 2. The molecule has 2 aromatic carbocycles. The lowest BCUT2D eigenvalue weighted by atomic mass is 10.1. The number of nitrogens with zero attached hydrogens (tertiary/aromatic N) is 4. The van der Waals surface area contributed by atoms with E-state index in [1.54, 1.807) is 40.8 Å². The number of para-hydroxylation sites is 1. The molecule has 0 aliphatic carbocycles. The van der Waals surface area contributed by atoms with Crippen LogP contribution in [0.5, 0.6) is 5.75 Å². The molecule has 122 valence electrons. The summed E-state index contributed by atoms with van der Waals surface area (Å²) in [7, 11) is 0. The van der Waals surface area contributed by atoms with E-state index in [9.17, 15) is 9.50 Å². The highest BCUT2D eigenvalue weighted by molar-refractivity contribution is 5.74. The van der Waals surface area contributed by atoms with Crippen LogP contribution >= 0.6 is 0 Å². The summed E-state index contributed by atoms with van der Waals surface area (Å²) in [4.78, 5) is 4.57. The molecular formula is C19H13FN4O. The Bertz CT molecular complexity index is 1070. The van der Waals surface area contributed by atoms with Crippen molar-refractivity contribution in [3.05, 3.63) is 78.7 Å². The van der Waals surface area contributed by atoms with Gasteiger partial charge in [-0.2, -0.15) is 0 Å². The van der Waals surface area contributed by atoms with E-state index in [1.165, 1.54) is 12.1 Å². The average molecular weight is 332 g/mol. The first-order valence-electron chi connectivity index (χ1n) is 7.65. The van der Waals surface area contributed by atoms with Crippen LogP contribution in [0.4, 0.5) is 15.9 Å². The number of aromatic hydroxyl groups is 1. The second-order valence-corrected chi connectivity index (χ2v) is 5.41. The maximum atomic E-state index is 13.2. The van der Waals surface area contributed by atoms with Crippen LogP contribution < -0.4 is 0 Å². The number of benzene rings is 2. The van der Waals surface area contributed by atoms with Crippen LogP contribution in [-0.2, 0) is 0 Å². The minimum absolute atomic E-state index is 0.0448. The maximum Gasteiger partial charge on any atom is 0.187 e. The lowest BCUT2D eigenvalue weighted by Crippen LogP contribution is -1.82. The van der Waals surface area contributed by atoms with Crippen molar-refractivity contribution < 1.29 is 9.50 Å². The van der Waals surface area contributed by atoms with E-state index in [4.69, 9.17) is 0 Å². The predicted molar refractivity (Wildman–Crippen MR) is 92.9 cm³/mol. The van der Waals surface area contributed by atoms with Gasteiger partial charge in [-0.05, 0) is 48.5 Å². The number of phenolic OH excluding ortho intramolecular Hbond substituents is 1. The van der Waals surface area contributed by atoms with Gasteiger partial charge < -0.3 is 5.11 Å². The van der Waals surface area contributed by atoms with Gasteiger partial charge in [-0.1, -0.05) is 18.2 Å². The van der Waals surface area contributed by atoms with Gasteiger partial charge in [0.15, 0.2) is 5.82 Å². The molecule has 0 spiro atoms. The van der Waals surface area contributed by atoms with Gasteiger partial charge in [0.1, 0.15) is 28.6 Å². The van der Waals surface area contributed by atoms with Crippen molar-refractivity contribution in [2.75, 3.05) is 0 Å². The molecule has 1 N–H and O–H groups in total. The quantitative estimate of drug-likeness (QED) is 0.520. The Morgan fingerprint density at radius 2 is 1.64 bits per heavy atom. The van der Waals surface area contributed by atoms with Crippen molar-refractivity contribution in [3.8, 4) is 17.0 Å². The highest BCUT2D eigenvalue weighted by Gasteiger charge is 2.14. The number of hydrogen-bond donors (Lipinski definition) is 1. The van der Waals surface area contributed by atoms with Crippen LogP contribution in [0.3, 0.4) is 0 Å². The van der Waals surface area contributed by atoms with E-state index in [2.05, 4.69) is 15.2 Å². The SMILES string of the molecule is Oc1ccccc1N=Nc1c(-c2ccc(F)cc2)nc2ccccn12. The second kappa shape index (κ2) is 6.16. The molecule has 0 bridgehead atoms. The van der Waals surface area contributed by atoms with Crippen LogP contribution in [0, 0.1) is 5.82 Å². The van der Waals surface area contributed by atoms with Crippen LogP contribution in [0.2, 0.25) is 0 Å². The van der Waals surface area contributed by atoms with Gasteiger partial charge in [0.2, 0.25) is 0 Å². The van der Waals surface area contributed by atoms with Crippen molar-refractivity contribution in [2.24, 2.45) is 10.2 Å². The summed E-state index contributed by atoms with van der Waals surface area (Å²) in [5.74, 6) is 0.235. The Morgan fingerprint density at radius 3 is 2.44 bits per heavy atom.